The smallest absolute Gasteiger partial charge is 0.407 e. The van der Waals surface area contributed by atoms with Gasteiger partial charge in [-0.25, -0.2) is 9.78 Å². The number of alkyl carbamates (subject to hydrolysis) is 1. The summed E-state index contributed by atoms with van der Waals surface area (Å²) in [5, 5.41) is 8.56. The van der Waals surface area contributed by atoms with Crippen LogP contribution in [0.3, 0.4) is 0 Å². The summed E-state index contributed by atoms with van der Waals surface area (Å²) >= 11 is 1.45. The summed E-state index contributed by atoms with van der Waals surface area (Å²) in [6, 6.07) is 15.6. The molecule has 0 saturated carbocycles. The summed E-state index contributed by atoms with van der Waals surface area (Å²) in [5.74, 6) is -0.827. The number of nitrogens with zero attached hydrogens (tertiary/aromatic N) is 1. The lowest BCUT2D eigenvalue weighted by atomic mass is 9.97. The highest BCUT2D eigenvalue weighted by Crippen LogP contribution is 2.25. The summed E-state index contributed by atoms with van der Waals surface area (Å²) in [5.41, 5.74) is 2.24. The molecule has 12 heteroatoms. The molecule has 1 aromatic heterocycles. The topological polar surface area (TPSA) is 147 Å². The van der Waals surface area contributed by atoms with E-state index in [2.05, 4.69) is 10.6 Å². The number of benzene rings is 2. The lowest BCUT2D eigenvalue weighted by Gasteiger charge is -2.24. The van der Waals surface area contributed by atoms with Gasteiger partial charge >= 0.3 is 16.4 Å². The van der Waals surface area contributed by atoms with Crippen molar-refractivity contribution in [3.05, 3.63) is 81.8 Å². The summed E-state index contributed by atoms with van der Waals surface area (Å²) in [6.07, 6.45) is 0.958. The highest BCUT2D eigenvalue weighted by Gasteiger charge is 2.26. The van der Waals surface area contributed by atoms with E-state index in [9.17, 15) is 18.0 Å². The SMILES string of the molecule is CCc1csc([C@H](Cc2ccc(NS(=O)(=O)O)cc2)NC(=O)[C@H](CNC(=O)OC(C)(C)C)Cc2ccccc2)n1. The van der Waals surface area contributed by atoms with Gasteiger partial charge in [0.2, 0.25) is 5.91 Å². The second-order valence-electron chi connectivity index (χ2n) is 10.3. The Hall–Kier alpha value is -3.48. The van der Waals surface area contributed by atoms with Crippen molar-refractivity contribution in [3.63, 3.8) is 0 Å². The van der Waals surface area contributed by atoms with Gasteiger partial charge in [0.05, 0.1) is 23.3 Å². The number of aryl methyl sites for hydroxylation is 1. The van der Waals surface area contributed by atoms with Crippen LogP contribution < -0.4 is 15.4 Å². The summed E-state index contributed by atoms with van der Waals surface area (Å²) in [6.45, 7) is 7.40. The molecule has 0 radical (unpaired) electrons. The van der Waals surface area contributed by atoms with Crippen molar-refractivity contribution in [2.75, 3.05) is 11.3 Å². The molecule has 0 aliphatic heterocycles. The fourth-order valence-electron chi connectivity index (χ4n) is 3.91. The van der Waals surface area contributed by atoms with Crippen LogP contribution in [0.4, 0.5) is 10.5 Å². The molecule has 0 unspecified atom stereocenters. The Morgan fingerprint density at radius 2 is 1.68 bits per heavy atom. The highest BCUT2D eigenvalue weighted by atomic mass is 32.2. The second kappa shape index (κ2) is 13.7. The van der Waals surface area contributed by atoms with E-state index in [1.165, 1.54) is 23.5 Å². The van der Waals surface area contributed by atoms with Crippen molar-refractivity contribution in [2.45, 2.75) is 58.6 Å². The summed E-state index contributed by atoms with van der Waals surface area (Å²) < 4.78 is 38.6. The van der Waals surface area contributed by atoms with Gasteiger partial charge < -0.3 is 15.4 Å². The van der Waals surface area contributed by atoms with Crippen molar-refractivity contribution in [2.24, 2.45) is 5.92 Å². The van der Waals surface area contributed by atoms with Gasteiger partial charge in [-0.15, -0.1) is 11.3 Å². The molecule has 2 aromatic carbocycles. The molecule has 3 aromatic rings. The van der Waals surface area contributed by atoms with Gasteiger partial charge in [-0.2, -0.15) is 8.42 Å². The molecule has 0 bridgehead atoms. The first-order valence-electron chi connectivity index (χ1n) is 12.9. The average Bonchev–Trinajstić information content (AvgIpc) is 3.35. The van der Waals surface area contributed by atoms with Crippen molar-refractivity contribution in [3.8, 4) is 0 Å². The third kappa shape index (κ3) is 10.6. The predicted molar refractivity (Wildman–Crippen MR) is 156 cm³/mol. The van der Waals surface area contributed by atoms with Crippen LogP contribution in [0.25, 0.3) is 0 Å². The second-order valence-corrected chi connectivity index (χ2v) is 12.4. The number of nitrogens with one attached hydrogen (secondary N) is 3. The van der Waals surface area contributed by atoms with Gasteiger partial charge in [0, 0.05) is 11.9 Å². The lowest BCUT2D eigenvalue weighted by Crippen LogP contribution is -2.43. The number of aromatic nitrogens is 1. The number of hydrogen-bond acceptors (Lipinski definition) is 7. The third-order valence-electron chi connectivity index (χ3n) is 5.77. The van der Waals surface area contributed by atoms with Crippen LogP contribution in [0.1, 0.15) is 55.6 Å². The van der Waals surface area contributed by atoms with Crippen molar-refractivity contribution >= 4 is 39.3 Å². The Morgan fingerprint density at radius 3 is 2.25 bits per heavy atom. The van der Waals surface area contributed by atoms with E-state index in [1.807, 2.05) is 47.4 Å². The van der Waals surface area contributed by atoms with Gasteiger partial charge in [-0.05, 0) is 63.3 Å². The molecule has 0 saturated heterocycles. The molecule has 3 rings (SSSR count). The van der Waals surface area contributed by atoms with E-state index < -0.39 is 34.0 Å². The molecule has 0 aliphatic rings. The van der Waals surface area contributed by atoms with Gasteiger partial charge in [-0.3, -0.25) is 14.1 Å². The molecular formula is C28H36N4O6S2. The fourth-order valence-corrected chi connectivity index (χ4v) is 5.29. The zero-order valence-corrected chi connectivity index (χ0v) is 24.6. The Kier molecular flexibility index (Phi) is 10.7. The van der Waals surface area contributed by atoms with Crippen molar-refractivity contribution < 1.29 is 27.3 Å². The monoisotopic (exact) mass is 588 g/mol. The van der Waals surface area contributed by atoms with Gasteiger partial charge in [0.15, 0.2) is 0 Å². The van der Waals surface area contributed by atoms with Gasteiger partial charge in [0.1, 0.15) is 10.6 Å². The van der Waals surface area contributed by atoms with E-state index in [4.69, 9.17) is 14.3 Å². The zero-order valence-electron chi connectivity index (χ0n) is 23.0. The molecule has 216 valence electrons. The predicted octanol–water partition coefficient (Wildman–Crippen LogP) is 4.70. The number of ether oxygens (including phenoxy) is 1. The first-order valence-corrected chi connectivity index (χ1v) is 15.2. The normalized spacial score (nSPS) is 13.2. The number of rotatable bonds is 12. The molecule has 2 atom stereocenters. The van der Waals surface area contributed by atoms with Crippen LogP contribution in [0.15, 0.2) is 60.0 Å². The van der Waals surface area contributed by atoms with Crippen molar-refractivity contribution in [1.29, 1.82) is 0 Å². The molecule has 0 fully saturated rings. The summed E-state index contributed by atoms with van der Waals surface area (Å²) in [7, 11) is -4.38. The molecule has 0 spiro atoms. The first kappa shape index (κ1) is 31.1. The van der Waals surface area contributed by atoms with Gasteiger partial charge in [0.25, 0.3) is 0 Å². The number of carbonyl (C=O) groups excluding carboxylic acids is 2. The number of amides is 2. The standard InChI is InChI=1S/C28H36N4O6S2/c1-5-22-18-39-26(30-22)24(16-20-11-13-23(14-12-20)32-40(35,36)37)31-25(33)21(15-19-9-7-6-8-10-19)17-29-27(34)38-28(2,3)4/h6-14,18,21,24,32H,5,15-17H2,1-4H3,(H,29,34)(H,31,33)(H,35,36,37)/t21-,24-/m0/s1. The van der Waals surface area contributed by atoms with E-state index >= 15 is 0 Å². The maximum Gasteiger partial charge on any atom is 0.407 e. The van der Waals surface area contributed by atoms with Crippen LogP contribution in [-0.2, 0) is 39.1 Å². The molecule has 0 aliphatic carbocycles. The van der Waals surface area contributed by atoms with E-state index in [0.29, 0.717) is 12.8 Å². The first-order chi connectivity index (χ1) is 18.8. The molecule has 4 N–H and O–H groups in total. The van der Waals surface area contributed by atoms with Crippen LogP contribution in [0, 0.1) is 5.92 Å². The maximum absolute atomic E-state index is 13.7. The quantitative estimate of drug-likeness (QED) is 0.224. The number of anilines is 1. The summed E-state index contributed by atoms with van der Waals surface area (Å²) in [4.78, 5) is 30.7. The third-order valence-corrected chi connectivity index (χ3v) is 7.28. The molecule has 1 heterocycles. The van der Waals surface area contributed by atoms with E-state index in [0.717, 1.165) is 28.2 Å². The van der Waals surface area contributed by atoms with Crippen LogP contribution in [0.2, 0.25) is 0 Å². The van der Waals surface area contributed by atoms with Gasteiger partial charge in [-0.1, -0.05) is 49.4 Å². The number of carbonyl (C=O) groups is 2. The molecule has 40 heavy (non-hydrogen) atoms. The number of hydrogen-bond donors (Lipinski definition) is 4. The zero-order chi connectivity index (χ0) is 29.3. The Morgan fingerprint density at radius 1 is 1.02 bits per heavy atom. The average molecular weight is 589 g/mol. The molecule has 10 nitrogen and oxygen atoms in total. The van der Waals surface area contributed by atoms with E-state index in [1.54, 1.807) is 32.9 Å². The minimum atomic E-state index is -4.38. The molecule has 2 amide bonds. The largest absolute Gasteiger partial charge is 0.444 e. The minimum absolute atomic E-state index is 0.0798. The maximum atomic E-state index is 13.7. The Labute approximate surface area is 239 Å². The highest BCUT2D eigenvalue weighted by molar-refractivity contribution is 7.87. The van der Waals surface area contributed by atoms with Crippen LogP contribution >= 0.6 is 11.3 Å². The number of thiazole rings is 1. The fraction of sp³-hybridized carbons (Fsp3) is 0.393. The Bertz CT molecular complexity index is 1370. The minimum Gasteiger partial charge on any atom is -0.444 e. The van der Waals surface area contributed by atoms with Crippen molar-refractivity contribution in [1.82, 2.24) is 15.6 Å². The lowest BCUT2D eigenvalue weighted by molar-refractivity contribution is -0.125. The Balaban J connectivity index is 1.81. The van der Waals surface area contributed by atoms with Crippen LogP contribution in [-0.4, -0.2) is 42.1 Å². The van der Waals surface area contributed by atoms with Crippen LogP contribution in [0.5, 0.6) is 0 Å². The molecular weight excluding hydrogens is 552 g/mol. The van der Waals surface area contributed by atoms with E-state index in [-0.39, 0.29) is 18.1 Å².